The lowest BCUT2D eigenvalue weighted by atomic mass is 10.1. The molecule has 2 N–H and O–H groups in total. The van der Waals surface area contributed by atoms with Gasteiger partial charge in [-0.25, -0.2) is 0 Å². The number of methoxy groups -OCH3 is 1. The van der Waals surface area contributed by atoms with Gasteiger partial charge in [-0.1, -0.05) is 5.16 Å². The van der Waals surface area contributed by atoms with Gasteiger partial charge < -0.3 is 19.4 Å². The number of hydrogen-bond acceptors (Lipinski definition) is 5. The van der Waals surface area contributed by atoms with Crippen molar-refractivity contribution in [2.75, 3.05) is 12.8 Å². The van der Waals surface area contributed by atoms with E-state index in [1.165, 1.54) is 0 Å². The Morgan fingerprint density at radius 1 is 1.28 bits per heavy atom. The topological polar surface area (TPSA) is 74.4 Å². The monoisotopic (exact) mass is 244 g/mol. The second-order valence-corrected chi connectivity index (χ2v) is 4.06. The van der Waals surface area contributed by atoms with Gasteiger partial charge in [0, 0.05) is 5.39 Å². The number of nitrogens with two attached hydrogens (primary N) is 1. The molecule has 5 heteroatoms. The molecule has 3 aromatic rings. The summed E-state index contributed by atoms with van der Waals surface area (Å²) in [5.74, 6) is 1.78. The summed E-state index contributed by atoms with van der Waals surface area (Å²) < 4.78 is 15.8. The van der Waals surface area contributed by atoms with Crippen molar-refractivity contribution >= 4 is 16.9 Å². The van der Waals surface area contributed by atoms with E-state index < -0.39 is 0 Å². The number of rotatable bonds is 2. The van der Waals surface area contributed by atoms with E-state index in [1.54, 1.807) is 13.3 Å². The van der Waals surface area contributed by atoms with Gasteiger partial charge in [0.2, 0.25) is 5.88 Å². The Hall–Kier alpha value is -2.43. The highest BCUT2D eigenvalue weighted by molar-refractivity contribution is 5.90. The van der Waals surface area contributed by atoms with Crippen LogP contribution in [0.2, 0.25) is 0 Å². The van der Waals surface area contributed by atoms with E-state index in [2.05, 4.69) is 5.16 Å². The van der Waals surface area contributed by atoms with Crippen molar-refractivity contribution in [2.24, 2.45) is 0 Å². The van der Waals surface area contributed by atoms with Gasteiger partial charge in [0.15, 0.2) is 11.3 Å². The summed E-state index contributed by atoms with van der Waals surface area (Å²) in [6.07, 6.45) is 1.59. The first-order valence-electron chi connectivity index (χ1n) is 5.47. The molecule has 18 heavy (non-hydrogen) atoms. The van der Waals surface area contributed by atoms with Crippen LogP contribution in [0.25, 0.3) is 22.1 Å². The molecule has 0 aliphatic carbocycles. The summed E-state index contributed by atoms with van der Waals surface area (Å²) in [4.78, 5) is 0. The van der Waals surface area contributed by atoms with Crippen LogP contribution in [0.15, 0.2) is 33.3 Å². The zero-order valence-electron chi connectivity index (χ0n) is 10.1. The van der Waals surface area contributed by atoms with Crippen LogP contribution in [0.1, 0.15) is 5.76 Å². The highest BCUT2D eigenvalue weighted by atomic mass is 16.5. The fourth-order valence-corrected chi connectivity index (χ4v) is 2.02. The molecule has 0 saturated carbocycles. The number of benzene rings is 1. The average molecular weight is 244 g/mol. The Bertz CT molecular complexity index is 712. The number of hydrogen-bond donors (Lipinski definition) is 1. The van der Waals surface area contributed by atoms with Crippen LogP contribution in [-0.4, -0.2) is 12.3 Å². The smallest absolute Gasteiger partial charge is 0.229 e. The van der Waals surface area contributed by atoms with Gasteiger partial charge in [0.1, 0.15) is 5.76 Å². The maximum atomic E-state index is 5.72. The van der Waals surface area contributed by atoms with Crippen LogP contribution in [0.3, 0.4) is 0 Å². The quantitative estimate of drug-likeness (QED) is 0.750. The number of aryl methyl sites for hydroxylation is 1. The molecule has 3 rings (SSSR count). The zero-order valence-corrected chi connectivity index (χ0v) is 10.1. The van der Waals surface area contributed by atoms with Gasteiger partial charge in [-0.2, -0.15) is 0 Å². The number of anilines is 1. The first-order chi connectivity index (χ1) is 8.69. The van der Waals surface area contributed by atoms with Crippen molar-refractivity contribution in [3.05, 3.63) is 30.2 Å². The normalized spacial score (nSPS) is 11.0. The van der Waals surface area contributed by atoms with E-state index in [-0.39, 0.29) is 5.88 Å². The van der Waals surface area contributed by atoms with Gasteiger partial charge in [0.25, 0.3) is 0 Å². The van der Waals surface area contributed by atoms with Crippen LogP contribution >= 0.6 is 0 Å². The number of nitrogens with zero attached hydrogens (tertiary/aromatic N) is 1. The Morgan fingerprint density at radius 2 is 2.11 bits per heavy atom. The molecule has 0 aliphatic heterocycles. The molecule has 5 nitrogen and oxygen atoms in total. The van der Waals surface area contributed by atoms with Gasteiger partial charge in [0.05, 0.1) is 18.9 Å². The second-order valence-electron chi connectivity index (χ2n) is 4.06. The molecule has 2 heterocycles. The number of nitrogen functional groups attached to an aromatic ring is 1. The highest BCUT2D eigenvalue weighted by Crippen LogP contribution is 2.36. The fourth-order valence-electron chi connectivity index (χ4n) is 2.02. The van der Waals surface area contributed by atoms with Gasteiger partial charge in [-0.05, 0) is 30.7 Å². The standard InChI is InChI=1S/C13H12N2O3/c1-7-3-9-4-8(10-6-15-18-13(10)14)5-11(16-2)12(9)17-7/h3-6H,14H2,1-2H3. The minimum atomic E-state index is 0.289. The Kier molecular flexibility index (Phi) is 2.26. The lowest BCUT2D eigenvalue weighted by Crippen LogP contribution is -1.87. The van der Waals surface area contributed by atoms with Crippen molar-refractivity contribution in [1.82, 2.24) is 5.16 Å². The summed E-state index contributed by atoms with van der Waals surface area (Å²) >= 11 is 0. The van der Waals surface area contributed by atoms with Crippen molar-refractivity contribution in [2.45, 2.75) is 6.92 Å². The van der Waals surface area contributed by atoms with Crippen molar-refractivity contribution in [1.29, 1.82) is 0 Å². The number of fused-ring (bicyclic) bond motifs is 1. The Morgan fingerprint density at radius 3 is 2.78 bits per heavy atom. The number of aromatic nitrogens is 1. The molecular formula is C13H12N2O3. The van der Waals surface area contributed by atoms with E-state index >= 15 is 0 Å². The average Bonchev–Trinajstić information content (AvgIpc) is 2.92. The van der Waals surface area contributed by atoms with Gasteiger partial charge >= 0.3 is 0 Å². The molecular weight excluding hydrogens is 232 g/mol. The fraction of sp³-hybridized carbons (Fsp3) is 0.154. The van der Waals surface area contributed by atoms with E-state index in [1.807, 2.05) is 25.1 Å². The SMILES string of the molecule is COc1cc(-c2cnoc2N)cc2cc(C)oc12. The lowest BCUT2D eigenvalue weighted by Gasteiger charge is -2.04. The summed E-state index contributed by atoms with van der Waals surface area (Å²) in [6, 6.07) is 5.77. The Labute approximate surface area is 103 Å². The minimum Gasteiger partial charge on any atom is -0.493 e. The number of furan rings is 1. The molecule has 0 amide bonds. The number of ether oxygens (including phenoxy) is 1. The van der Waals surface area contributed by atoms with Crippen LogP contribution in [0.5, 0.6) is 5.75 Å². The van der Waals surface area contributed by atoms with E-state index in [0.717, 1.165) is 27.9 Å². The molecule has 0 fully saturated rings. The van der Waals surface area contributed by atoms with E-state index in [9.17, 15) is 0 Å². The molecule has 1 aromatic carbocycles. The highest BCUT2D eigenvalue weighted by Gasteiger charge is 2.13. The van der Waals surface area contributed by atoms with Gasteiger partial charge in [-0.15, -0.1) is 0 Å². The molecule has 0 spiro atoms. The van der Waals surface area contributed by atoms with Crippen molar-refractivity contribution < 1.29 is 13.7 Å². The maximum Gasteiger partial charge on any atom is 0.229 e. The molecule has 0 radical (unpaired) electrons. The molecule has 2 aromatic heterocycles. The van der Waals surface area contributed by atoms with E-state index in [4.69, 9.17) is 19.4 Å². The van der Waals surface area contributed by atoms with Crippen molar-refractivity contribution in [3.8, 4) is 16.9 Å². The second kappa shape index (κ2) is 3.80. The lowest BCUT2D eigenvalue weighted by molar-refractivity contribution is 0.409. The van der Waals surface area contributed by atoms with Crippen molar-refractivity contribution in [3.63, 3.8) is 0 Å². The molecule has 0 aliphatic rings. The Balaban J connectivity index is 2.28. The minimum absolute atomic E-state index is 0.289. The third-order valence-corrected chi connectivity index (χ3v) is 2.83. The predicted molar refractivity (Wildman–Crippen MR) is 67.4 cm³/mol. The van der Waals surface area contributed by atoms with Crippen LogP contribution < -0.4 is 10.5 Å². The molecule has 0 bridgehead atoms. The van der Waals surface area contributed by atoms with Crippen LogP contribution in [-0.2, 0) is 0 Å². The van der Waals surface area contributed by atoms with Gasteiger partial charge in [-0.3, -0.25) is 0 Å². The summed E-state index contributed by atoms with van der Waals surface area (Å²) in [7, 11) is 1.60. The molecule has 0 saturated heterocycles. The first-order valence-corrected chi connectivity index (χ1v) is 5.47. The zero-order chi connectivity index (χ0) is 12.7. The summed E-state index contributed by atoms with van der Waals surface area (Å²) in [5, 5.41) is 4.64. The molecule has 0 unspecified atom stereocenters. The van der Waals surface area contributed by atoms with Crippen LogP contribution in [0, 0.1) is 6.92 Å². The predicted octanol–water partition coefficient (Wildman–Crippen LogP) is 2.99. The third-order valence-electron chi connectivity index (χ3n) is 2.83. The molecule has 0 atom stereocenters. The summed E-state index contributed by atoms with van der Waals surface area (Å²) in [5.41, 5.74) is 8.08. The molecule has 92 valence electrons. The largest absolute Gasteiger partial charge is 0.493 e. The summed E-state index contributed by atoms with van der Waals surface area (Å²) in [6.45, 7) is 1.90. The van der Waals surface area contributed by atoms with Crippen LogP contribution in [0.4, 0.5) is 5.88 Å². The third kappa shape index (κ3) is 1.52. The van der Waals surface area contributed by atoms with E-state index in [0.29, 0.717) is 5.75 Å². The first kappa shape index (κ1) is 10.7. The maximum absolute atomic E-state index is 5.72.